The maximum atomic E-state index is 13.0. The van der Waals surface area contributed by atoms with Crippen molar-refractivity contribution in [2.75, 3.05) is 26.2 Å². The Morgan fingerprint density at radius 3 is 2.37 bits per heavy atom. The minimum Gasteiger partial charge on any atom is -0.373 e. The topological polar surface area (TPSA) is 105 Å². The van der Waals surface area contributed by atoms with E-state index in [1.165, 1.54) is 29.4 Å². The minimum absolute atomic E-state index is 0.0524. The van der Waals surface area contributed by atoms with E-state index in [-0.39, 0.29) is 59.8 Å². The molecule has 1 heterocycles. The lowest BCUT2D eigenvalue weighted by molar-refractivity contribution is -0.118. The first-order valence-electron chi connectivity index (χ1n) is 8.59. The zero-order valence-corrected chi connectivity index (χ0v) is 17.1. The van der Waals surface area contributed by atoms with Gasteiger partial charge in [-0.3, -0.25) is 9.59 Å². The van der Waals surface area contributed by atoms with Crippen molar-refractivity contribution >= 4 is 33.4 Å². The van der Waals surface area contributed by atoms with E-state index in [9.17, 15) is 18.0 Å². The van der Waals surface area contributed by atoms with Crippen molar-refractivity contribution in [2.24, 2.45) is 0 Å². The Hall–Kier alpha value is -1.68. The minimum atomic E-state index is -3.87. The first-order chi connectivity index (χ1) is 12.6. The second-order valence-electron chi connectivity index (χ2n) is 6.46. The predicted octanol–water partition coefficient (Wildman–Crippen LogP) is 1.00. The Bertz CT molecular complexity index is 805. The molecule has 1 aliphatic heterocycles. The molecule has 0 aromatic heterocycles. The fourth-order valence-corrected chi connectivity index (χ4v) is 4.92. The van der Waals surface area contributed by atoms with Crippen LogP contribution in [0.25, 0.3) is 0 Å². The Morgan fingerprint density at radius 2 is 1.78 bits per heavy atom. The average molecular weight is 418 g/mol. The van der Waals surface area contributed by atoms with E-state index in [1.807, 2.05) is 0 Å². The smallest absolute Gasteiger partial charge is 0.251 e. The van der Waals surface area contributed by atoms with Gasteiger partial charge in [0.05, 0.1) is 17.2 Å². The third-order valence-electron chi connectivity index (χ3n) is 3.98. The van der Waals surface area contributed by atoms with Crippen molar-refractivity contribution in [3.8, 4) is 0 Å². The SMILES string of the molecule is CC(=O)NCCNC(=O)c1ccc(Cl)c(S(=O)(=O)N2C[C@@H](C)O[C@H](C)C2)c1. The Labute approximate surface area is 164 Å². The zero-order valence-electron chi connectivity index (χ0n) is 15.5. The lowest BCUT2D eigenvalue weighted by Crippen LogP contribution is -2.48. The number of carbonyl (C=O) groups excluding carboxylic acids is 2. The molecule has 0 spiro atoms. The van der Waals surface area contributed by atoms with Crippen LogP contribution < -0.4 is 10.6 Å². The van der Waals surface area contributed by atoms with Crippen molar-refractivity contribution in [3.63, 3.8) is 0 Å². The van der Waals surface area contributed by atoms with E-state index in [2.05, 4.69) is 10.6 Å². The maximum absolute atomic E-state index is 13.0. The number of sulfonamides is 1. The highest BCUT2D eigenvalue weighted by Crippen LogP contribution is 2.28. The fourth-order valence-electron chi connectivity index (χ4n) is 2.82. The highest BCUT2D eigenvalue weighted by molar-refractivity contribution is 7.89. The molecule has 1 aliphatic rings. The van der Waals surface area contributed by atoms with Gasteiger partial charge in [-0.1, -0.05) is 11.6 Å². The van der Waals surface area contributed by atoms with E-state index in [0.29, 0.717) is 0 Å². The molecule has 150 valence electrons. The molecule has 0 aliphatic carbocycles. The number of benzene rings is 1. The summed E-state index contributed by atoms with van der Waals surface area (Å²) in [5.41, 5.74) is 0.176. The predicted molar refractivity (Wildman–Crippen MR) is 101 cm³/mol. The summed E-state index contributed by atoms with van der Waals surface area (Å²) in [7, 11) is -3.87. The first-order valence-corrected chi connectivity index (χ1v) is 10.4. The number of nitrogens with zero attached hydrogens (tertiary/aromatic N) is 1. The van der Waals surface area contributed by atoms with Crippen molar-refractivity contribution in [3.05, 3.63) is 28.8 Å². The molecule has 2 amide bonds. The van der Waals surface area contributed by atoms with E-state index < -0.39 is 15.9 Å². The summed E-state index contributed by atoms with van der Waals surface area (Å²) in [6, 6.07) is 4.13. The molecule has 0 radical (unpaired) electrons. The number of halogens is 1. The molecule has 2 atom stereocenters. The zero-order chi connectivity index (χ0) is 20.2. The summed E-state index contributed by atoms with van der Waals surface area (Å²) in [4.78, 5) is 23.0. The number of ether oxygens (including phenoxy) is 1. The van der Waals surface area contributed by atoms with Crippen LogP contribution in [0.15, 0.2) is 23.1 Å². The quantitative estimate of drug-likeness (QED) is 0.672. The monoisotopic (exact) mass is 417 g/mol. The van der Waals surface area contributed by atoms with Crippen LogP contribution in [0.4, 0.5) is 0 Å². The molecule has 0 unspecified atom stereocenters. The molecule has 1 aromatic carbocycles. The van der Waals surface area contributed by atoms with Gasteiger partial charge in [0, 0.05) is 38.7 Å². The van der Waals surface area contributed by atoms with Gasteiger partial charge in [0.25, 0.3) is 5.91 Å². The summed E-state index contributed by atoms with van der Waals surface area (Å²) in [6.45, 7) is 5.93. The Balaban J connectivity index is 2.18. The lowest BCUT2D eigenvalue weighted by atomic mass is 10.2. The number of amides is 2. The lowest BCUT2D eigenvalue weighted by Gasteiger charge is -2.34. The van der Waals surface area contributed by atoms with Crippen molar-refractivity contribution in [1.29, 1.82) is 0 Å². The molecule has 1 aromatic rings. The van der Waals surface area contributed by atoms with Gasteiger partial charge in [-0.2, -0.15) is 4.31 Å². The molecule has 0 bridgehead atoms. The van der Waals surface area contributed by atoms with E-state index in [1.54, 1.807) is 13.8 Å². The summed E-state index contributed by atoms with van der Waals surface area (Å²) in [6.07, 6.45) is -0.467. The van der Waals surface area contributed by atoms with Gasteiger partial charge >= 0.3 is 0 Å². The third kappa shape index (κ3) is 5.65. The molecule has 10 heteroatoms. The Morgan fingerprint density at radius 1 is 1.19 bits per heavy atom. The van der Waals surface area contributed by atoms with Crippen LogP contribution in [0.1, 0.15) is 31.1 Å². The van der Waals surface area contributed by atoms with Crippen molar-refractivity contribution in [2.45, 2.75) is 37.9 Å². The van der Waals surface area contributed by atoms with E-state index in [0.717, 1.165) is 0 Å². The highest BCUT2D eigenvalue weighted by Gasteiger charge is 2.33. The van der Waals surface area contributed by atoms with Crippen molar-refractivity contribution < 1.29 is 22.7 Å². The Kier molecular flexibility index (Phi) is 7.21. The van der Waals surface area contributed by atoms with Crippen LogP contribution in [0.5, 0.6) is 0 Å². The van der Waals surface area contributed by atoms with Gasteiger partial charge in [-0.15, -0.1) is 0 Å². The molecule has 1 fully saturated rings. The summed E-state index contributed by atoms with van der Waals surface area (Å²) < 4.78 is 32.9. The fraction of sp³-hybridized carbons (Fsp3) is 0.529. The third-order valence-corrected chi connectivity index (χ3v) is 6.30. The number of nitrogens with one attached hydrogen (secondary N) is 2. The number of hydrogen-bond donors (Lipinski definition) is 2. The average Bonchev–Trinajstić information content (AvgIpc) is 2.57. The van der Waals surface area contributed by atoms with Crippen LogP contribution >= 0.6 is 11.6 Å². The standard InChI is InChI=1S/C17H24ClN3O5S/c1-11-9-21(10-12(2)26-11)27(24,25)16-8-14(4-5-15(16)18)17(23)20-7-6-19-13(3)22/h4-5,8,11-12H,6-7,9-10H2,1-3H3,(H,19,22)(H,20,23)/t11-,12-/m1/s1. The van der Waals surface area contributed by atoms with E-state index >= 15 is 0 Å². The van der Waals surface area contributed by atoms with Crippen molar-refractivity contribution in [1.82, 2.24) is 14.9 Å². The molecular formula is C17H24ClN3O5S. The largest absolute Gasteiger partial charge is 0.373 e. The normalized spacial score (nSPS) is 20.9. The molecule has 0 saturated carbocycles. The van der Waals surface area contributed by atoms with Gasteiger partial charge in [0.15, 0.2) is 0 Å². The van der Waals surface area contributed by atoms with Crippen LogP contribution in [0.3, 0.4) is 0 Å². The van der Waals surface area contributed by atoms with Crippen LogP contribution in [0.2, 0.25) is 5.02 Å². The summed E-state index contributed by atoms with van der Waals surface area (Å²) in [5.74, 6) is -0.643. The maximum Gasteiger partial charge on any atom is 0.251 e. The molecule has 2 rings (SSSR count). The van der Waals surface area contributed by atoms with Gasteiger partial charge < -0.3 is 15.4 Å². The number of morpholine rings is 1. The molecule has 2 N–H and O–H groups in total. The second-order valence-corrected chi connectivity index (χ2v) is 8.78. The first kappa shape index (κ1) is 21.6. The van der Waals surface area contributed by atoms with Gasteiger partial charge in [-0.05, 0) is 32.0 Å². The van der Waals surface area contributed by atoms with Crippen LogP contribution in [-0.2, 0) is 19.6 Å². The van der Waals surface area contributed by atoms with E-state index in [4.69, 9.17) is 16.3 Å². The molecule has 8 nitrogen and oxygen atoms in total. The van der Waals surface area contributed by atoms with Gasteiger partial charge in [-0.25, -0.2) is 8.42 Å². The van der Waals surface area contributed by atoms with Gasteiger partial charge in [0.2, 0.25) is 15.9 Å². The molecule has 27 heavy (non-hydrogen) atoms. The number of rotatable bonds is 6. The summed E-state index contributed by atoms with van der Waals surface area (Å²) >= 11 is 6.12. The van der Waals surface area contributed by atoms with Crippen LogP contribution in [0, 0.1) is 0 Å². The second kappa shape index (κ2) is 9.01. The number of hydrogen-bond acceptors (Lipinski definition) is 5. The van der Waals surface area contributed by atoms with Crippen LogP contribution in [-0.4, -0.2) is 62.9 Å². The highest BCUT2D eigenvalue weighted by atomic mass is 35.5. The molecular weight excluding hydrogens is 394 g/mol. The van der Waals surface area contributed by atoms with Gasteiger partial charge in [0.1, 0.15) is 4.90 Å². The number of carbonyl (C=O) groups is 2. The summed E-state index contributed by atoms with van der Waals surface area (Å²) in [5, 5.41) is 5.23. The molecule has 1 saturated heterocycles.